The molecule has 1 saturated carbocycles. The molecule has 1 aliphatic carbocycles. The Morgan fingerprint density at radius 2 is 1.70 bits per heavy atom. The van der Waals surface area contributed by atoms with Gasteiger partial charge < -0.3 is 36.8 Å². The zero-order valence-corrected chi connectivity index (χ0v) is 25.8. The molecule has 0 aromatic heterocycles. The number of rotatable bonds is 17. The van der Waals surface area contributed by atoms with Crippen LogP contribution in [0, 0.1) is 5.92 Å². The Balaban J connectivity index is 1.96. The van der Waals surface area contributed by atoms with Crippen LogP contribution in [0.4, 0.5) is 0 Å². The fourth-order valence-corrected chi connectivity index (χ4v) is 5.35. The summed E-state index contributed by atoms with van der Waals surface area (Å²) in [7, 11) is 0. The van der Waals surface area contributed by atoms with Crippen molar-refractivity contribution >= 4 is 54.3 Å². The van der Waals surface area contributed by atoms with E-state index >= 15 is 0 Å². The lowest BCUT2D eigenvalue weighted by molar-refractivity contribution is -0.143. The molecule has 14 heteroatoms. The molecule has 1 fully saturated rings. The summed E-state index contributed by atoms with van der Waals surface area (Å²) >= 11 is 3.83. The highest BCUT2D eigenvalue weighted by molar-refractivity contribution is 7.80. The minimum atomic E-state index is -1.61. The largest absolute Gasteiger partial charge is 0.481 e. The smallest absolute Gasteiger partial charge is 0.327 e. The summed E-state index contributed by atoms with van der Waals surface area (Å²) in [6.07, 6.45) is 4.76. The third kappa shape index (κ3) is 11.3. The van der Waals surface area contributed by atoms with E-state index < -0.39 is 54.2 Å². The van der Waals surface area contributed by atoms with Gasteiger partial charge in [0.1, 0.15) is 18.1 Å². The summed E-state index contributed by atoms with van der Waals surface area (Å²) in [5.41, 5.74) is 7.76. The molecule has 7 N–H and O–H groups in total. The Kier molecular flexibility index (Phi) is 14.9. The summed E-state index contributed by atoms with van der Waals surface area (Å²) < 4.78 is 0. The van der Waals surface area contributed by atoms with Gasteiger partial charge in [-0.25, -0.2) is 4.79 Å². The van der Waals surface area contributed by atoms with Crippen molar-refractivity contribution in [2.75, 3.05) is 12.3 Å². The minimum Gasteiger partial charge on any atom is -0.481 e. The first kappa shape index (κ1) is 36.3. The molecule has 1 aromatic rings. The SMILES string of the molecule is C=Cc1ccccc1CN(C(=O)CCC(=O)NC[C@H](N)C(=O)N[C@@H](CC(=O)O)C(=O)N[C@@H](CS)C(=O)O)C1CCCCC1C. The summed E-state index contributed by atoms with van der Waals surface area (Å²) in [5, 5.41) is 25.0. The van der Waals surface area contributed by atoms with Crippen LogP contribution < -0.4 is 21.7 Å². The molecule has 1 aliphatic rings. The summed E-state index contributed by atoms with van der Waals surface area (Å²) in [6, 6.07) is 3.40. The van der Waals surface area contributed by atoms with E-state index in [1.54, 1.807) is 6.08 Å². The number of hydrogen-bond donors (Lipinski definition) is 7. The normalized spacial score (nSPS) is 18.2. The first-order chi connectivity index (χ1) is 20.9. The molecule has 0 heterocycles. The number of carbonyl (C=O) groups excluding carboxylic acids is 4. The number of aliphatic carboxylic acids is 2. The van der Waals surface area contributed by atoms with Gasteiger partial charge in [0.25, 0.3) is 0 Å². The lowest BCUT2D eigenvalue weighted by Gasteiger charge is -2.39. The molecule has 44 heavy (non-hydrogen) atoms. The monoisotopic (exact) mass is 633 g/mol. The zero-order valence-electron chi connectivity index (χ0n) is 24.9. The molecule has 4 amide bonds. The van der Waals surface area contributed by atoms with Crippen molar-refractivity contribution in [1.29, 1.82) is 0 Å². The maximum absolute atomic E-state index is 13.5. The average molecular weight is 634 g/mol. The second-order valence-electron chi connectivity index (χ2n) is 10.9. The van der Waals surface area contributed by atoms with Crippen LogP contribution in [0.3, 0.4) is 0 Å². The fraction of sp³-hybridized carbons (Fsp3) is 0.533. The average Bonchev–Trinajstić information content (AvgIpc) is 2.99. The number of nitrogens with zero attached hydrogens (tertiary/aromatic N) is 1. The Morgan fingerprint density at radius 1 is 1.05 bits per heavy atom. The van der Waals surface area contributed by atoms with Gasteiger partial charge in [-0.2, -0.15) is 12.6 Å². The van der Waals surface area contributed by atoms with E-state index in [1.165, 1.54) is 0 Å². The second-order valence-corrected chi connectivity index (χ2v) is 11.3. The Hall–Kier alpha value is -3.91. The van der Waals surface area contributed by atoms with Gasteiger partial charge in [0, 0.05) is 37.7 Å². The van der Waals surface area contributed by atoms with Crippen molar-refractivity contribution < 1.29 is 39.0 Å². The lowest BCUT2D eigenvalue weighted by atomic mass is 9.84. The Bertz CT molecular complexity index is 1210. The van der Waals surface area contributed by atoms with E-state index in [1.807, 2.05) is 29.2 Å². The van der Waals surface area contributed by atoms with Gasteiger partial charge in [-0.05, 0) is 29.9 Å². The predicted octanol–water partition coefficient (Wildman–Crippen LogP) is 0.919. The number of carboxylic acids is 2. The highest BCUT2D eigenvalue weighted by Gasteiger charge is 2.32. The van der Waals surface area contributed by atoms with Gasteiger partial charge in [0.2, 0.25) is 23.6 Å². The fourth-order valence-electron chi connectivity index (χ4n) is 5.10. The highest BCUT2D eigenvalue weighted by atomic mass is 32.1. The highest BCUT2D eigenvalue weighted by Crippen LogP contribution is 2.30. The molecule has 0 bridgehead atoms. The minimum absolute atomic E-state index is 0.0452. The Labute approximate surface area is 262 Å². The number of nitrogens with one attached hydrogen (secondary N) is 3. The van der Waals surface area contributed by atoms with Gasteiger partial charge in [0.05, 0.1) is 6.42 Å². The van der Waals surface area contributed by atoms with Crippen LogP contribution in [0.25, 0.3) is 6.08 Å². The van der Waals surface area contributed by atoms with Crippen LogP contribution in [-0.2, 0) is 35.3 Å². The van der Waals surface area contributed by atoms with Crippen molar-refractivity contribution in [2.24, 2.45) is 11.7 Å². The van der Waals surface area contributed by atoms with Crippen molar-refractivity contribution in [2.45, 2.75) is 82.6 Å². The van der Waals surface area contributed by atoms with Gasteiger partial charge >= 0.3 is 11.9 Å². The standard InChI is InChI=1S/C30H43N5O8S/c1-3-19-9-5-6-10-20(19)16-35(24-11-7-4-8-18(24)2)26(37)13-12-25(36)32-15-21(31)28(40)33-22(14-27(38)39)29(41)34-23(17-44)30(42)43/h3,5-6,9-10,18,21-24,44H,1,4,7-8,11-17,31H2,2H3,(H,32,36)(H,33,40)(H,34,41)(H,38,39)(H,42,43)/t18?,21-,22-,23-,24?/m0/s1. The van der Waals surface area contributed by atoms with Crippen LogP contribution in [0.2, 0.25) is 0 Å². The summed E-state index contributed by atoms with van der Waals surface area (Å²) in [5.74, 6) is -5.39. The van der Waals surface area contributed by atoms with Crippen LogP contribution in [-0.4, -0.2) is 87.1 Å². The van der Waals surface area contributed by atoms with Crippen LogP contribution >= 0.6 is 12.6 Å². The number of carboxylic acid groups (broad SMARTS) is 2. The van der Waals surface area contributed by atoms with Crippen molar-refractivity contribution in [3.8, 4) is 0 Å². The molecule has 0 saturated heterocycles. The predicted molar refractivity (Wildman–Crippen MR) is 166 cm³/mol. The molecule has 0 aliphatic heterocycles. The lowest BCUT2D eigenvalue weighted by Crippen LogP contribution is -2.57. The van der Waals surface area contributed by atoms with E-state index in [0.717, 1.165) is 36.8 Å². The van der Waals surface area contributed by atoms with Gasteiger partial charge in [-0.3, -0.25) is 24.0 Å². The van der Waals surface area contributed by atoms with E-state index in [0.29, 0.717) is 12.5 Å². The first-order valence-corrected chi connectivity index (χ1v) is 15.2. The number of carbonyl (C=O) groups is 6. The maximum atomic E-state index is 13.5. The number of thiol groups is 1. The third-order valence-corrected chi connectivity index (χ3v) is 8.00. The molecule has 242 valence electrons. The van der Waals surface area contributed by atoms with Crippen LogP contribution in [0.5, 0.6) is 0 Å². The van der Waals surface area contributed by atoms with Crippen molar-refractivity contribution in [3.63, 3.8) is 0 Å². The Morgan fingerprint density at radius 3 is 2.32 bits per heavy atom. The molecule has 5 atom stereocenters. The molecule has 0 radical (unpaired) electrons. The molecule has 2 unspecified atom stereocenters. The van der Waals surface area contributed by atoms with E-state index in [9.17, 15) is 28.8 Å². The van der Waals surface area contributed by atoms with E-state index in [-0.39, 0.29) is 37.1 Å². The van der Waals surface area contributed by atoms with Gasteiger partial charge in [-0.15, -0.1) is 0 Å². The quantitative estimate of drug-likeness (QED) is 0.122. The first-order valence-electron chi connectivity index (χ1n) is 14.6. The maximum Gasteiger partial charge on any atom is 0.327 e. The molecular weight excluding hydrogens is 590 g/mol. The number of benzene rings is 1. The molecule has 13 nitrogen and oxygen atoms in total. The molecular formula is C30H43N5O8S. The van der Waals surface area contributed by atoms with Gasteiger partial charge in [0.15, 0.2) is 0 Å². The topological polar surface area (TPSA) is 208 Å². The van der Waals surface area contributed by atoms with Gasteiger partial charge in [-0.1, -0.05) is 56.7 Å². The number of nitrogens with two attached hydrogens (primary N) is 1. The van der Waals surface area contributed by atoms with E-state index in [2.05, 4.69) is 42.1 Å². The summed E-state index contributed by atoms with van der Waals surface area (Å²) in [4.78, 5) is 75.3. The number of amides is 4. The third-order valence-electron chi connectivity index (χ3n) is 7.63. The summed E-state index contributed by atoms with van der Waals surface area (Å²) in [6.45, 7) is 6.06. The van der Waals surface area contributed by atoms with Crippen molar-refractivity contribution in [1.82, 2.24) is 20.9 Å². The van der Waals surface area contributed by atoms with E-state index in [4.69, 9.17) is 15.9 Å². The zero-order chi connectivity index (χ0) is 32.8. The number of hydrogen-bond acceptors (Lipinski definition) is 8. The molecule has 0 spiro atoms. The molecule has 2 rings (SSSR count). The molecule has 1 aromatic carbocycles. The second kappa shape index (κ2) is 18.0. The van der Waals surface area contributed by atoms with Crippen LogP contribution in [0.1, 0.15) is 63.0 Å². The van der Waals surface area contributed by atoms with Crippen molar-refractivity contribution in [3.05, 3.63) is 42.0 Å². The van der Waals surface area contributed by atoms with Crippen LogP contribution in [0.15, 0.2) is 30.8 Å².